The SMILES string of the molecule is Cc1ccccc1N(C(C)C)C(C)(C)c1cc2ccccc2[nH]1. The third-order valence-corrected chi connectivity index (χ3v) is 4.68. The van der Waals surface area contributed by atoms with Gasteiger partial charge in [-0.2, -0.15) is 0 Å². The van der Waals surface area contributed by atoms with E-state index in [0.717, 1.165) is 0 Å². The first-order valence-electron chi connectivity index (χ1n) is 8.34. The molecule has 0 amide bonds. The van der Waals surface area contributed by atoms with Crippen LogP contribution >= 0.6 is 0 Å². The highest BCUT2D eigenvalue weighted by Gasteiger charge is 2.33. The van der Waals surface area contributed by atoms with E-state index in [0.29, 0.717) is 6.04 Å². The summed E-state index contributed by atoms with van der Waals surface area (Å²) in [5.41, 5.74) is 4.93. The number of nitrogens with zero attached hydrogens (tertiary/aromatic N) is 1. The first kappa shape index (κ1) is 15.7. The Morgan fingerprint density at radius 1 is 0.957 bits per heavy atom. The fourth-order valence-electron chi connectivity index (χ4n) is 3.59. The van der Waals surface area contributed by atoms with Crippen molar-refractivity contribution in [2.75, 3.05) is 4.90 Å². The Kier molecular flexibility index (Phi) is 3.93. The average molecular weight is 306 g/mol. The normalized spacial score (nSPS) is 12.1. The van der Waals surface area contributed by atoms with Crippen molar-refractivity contribution in [3.05, 3.63) is 65.9 Å². The Morgan fingerprint density at radius 2 is 1.61 bits per heavy atom. The van der Waals surface area contributed by atoms with E-state index in [1.807, 2.05) is 0 Å². The smallest absolute Gasteiger partial charge is 0.0749 e. The summed E-state index contributed by atoms with van der Waals surface area (Å²) in [6, 6.07) is 19.8. The molecule has 3 aromatic rings. The molecular formula is C21H26N2. The van der Waals surface area contributed by atoms with E-state index >= 15 is 0 Å². The number of fused-ring (bicyclic) bond motifs is 1. The molecule has 0 aliphatic heterocycles. The molecule has 1 aromatic heterocycles. The minimum atomic E-state index is -0.126. The van der Waals surface area contributed by atoms with Crippen molar-refractivity contribution in [1.82, 2.24) is 4.98 Å². The van der Waals surface area contributed by atoms with Crippen molar-refractivity contribution in [1.29, 1.82) is 0 Å². The first-order chi connectivity index (χ1) is 10.9. The van der Waals surface area contributed by atoms with Crippen molar-refractivity contribution in [3.8, 4) is 0 Å². The van der Waals surface area contributed by atoms with Crippen LogP contribution in [0.25, 0.3) is 10.9 Å². The molecule has 0 aliphatic rings. The van der Waals surface area contributed by atoms with Gasteiger partial charge in [-0.15, -0.1) is 0 Å². The molecular weight excluding hydrogens is 280 g/mol. The van der Waals surface area contributed by atoms with Gasteiger partial charge in [0.25, 0.3) is 0 Å². The highest BCUT2D eigenvalue weighted by molar-refractivity contribution is 5.80. The van der Waals surface area contributed by atoms with Crippen LogP contribution in [0.3, 0.4) is 0 Å². The Labute approximate surface area is 139 Å². The van der Waals surface area contributed by atoms with Gasteiger partial charge in [-0.05, 0) is 63.8 Å². The van der Waals surface area contributed by atoms with Crippen LogP contribution in [0.2, 0.25) is 0 Å². The minimum absolute atomic E-state index is 0.126. The summed E-state index contributed by atoms with van der Waals surface area (Å²) in [6.07, 6.45) is 0. The van der Waals surface area contributed by atoms with Gasteiger partial charge in [0.1, 0.15) is 0 Å². The van der Waals surface area contributed by atoms with E-state index in [1.165, 1.54) is 27.8 Å². The topological polar surface area (TPSA) is 19.0 Å². The number of para-hydroxylation sites is 2. The number of anilines is 1. The van der Waals surface area contributed by atoms with E-state index in [-0.39, 0.29) is 5.54 Å². The van der Waals surface area contributed by atoms with Gasteiger partial charge in [0.2, 0.25) is 0 Å². The molecule has 23 heavy (non-hydrogen) atoms. The van der Waals surface area contributed by atoms with Gasteiger partial charge in [-0.25, -0.2) is 0 Å². The average Bonchev–Trinajstić information content (AvgIpc) is 2.94. The van der Waals surface area contributed by atoms with E-state index < -0.39 is 0 Å². The molecule has 0 saturated carbocycles. The largest absolute Gasteiger partial charge is 0.358 e. The molecule has 0 saturated heterocycles. The lowest BCUT2D eigenvalue weighted by atomic mass is 9.94. The highest BCUT2D eigenvalue weighted by atomic mass is 15.2. The Hall–Kier alpha value is -2.22. The molecule has 2 heteroatoms. The molecule has 0 bridgehead atoms. The maximum absolute atomic E-state index is 3.62. The van der Waals surface area contributed by atoms with Crippen LogP contribution in [-0.4, -0.2) is 11.0 Å². The number of rotatable bonds is 4. The molecule has 1 heterocycles. The highest BCUT2D eigenvalue weighted by Crippen LogP contribution is 2.36. The third-order valence-electron chi connectivity index (χ3n) is 4.68. The number of hydrogen-bond acceptors (Lipinski definition) is 1. The molecule has 0 unspecified atom stereocenters. The van der Waals surface area contributed by atoms with Crippen LogP contribution in [0.1, 0.15) is 39.0 Å². The number of aromatic amines is 1. The predicted molar refractivity (Wildman–Crippen MR) is 100 cm³/mol. The van der Waals surface area contributed by atoms with E-state index in [1.54, 1.807) is 0 Å². The summed E-state index contributed by atoms with van der Waals surface area (Å²) in [7, 11) is 0. The van der Waals surface area contributed by atoms with Gasteiger partial charge in [-0.1, -0.05) is 36.4 Å². The molecule has 0 radical (unpaired) electrons. The summed E-state index contributed by atoms with van der Waals surface area (Å²) < 4.78 is 0. The van der Waals surface area contributed by atoms with Crippen LogP contribution in [-0.2, 0) is 5.54 Å². The minimum Gasteiger partial charge on any atom is -0.358 e. The number of hydrogen-bond donors (Lipinski definition) is 1. The Morgan fingerprint density at radius 3 is 2.26 bits per heavy atom. The monoisotopic (exact) mass is 306 g/mol. The summed E-state index contributed by atoms with van der Waals surface area (Å²) in [5, 5.41) is 1.27. The van der Waals surface area contributed by atoms with Crippen molar-refractivity contribution < 1.29 is 0 Å². The van der Waals surface area contributed by atoms with Crippen LogP contribution in [0.15, 0.2) is 54.6 Å². The molecule has 2 nitrogen and oxygen atoms in total. The third kappa shape index (κ3) is 2.74. The molecule has 0 spiro atoms. The van der Waals surface area contributed by atoms with Gasteiger partial charge in [0.05, 0.1) is 5.54 Å². The summed E-state index contributed by atoms with van der Waals surface area (Å²) in [4.78, 5) is 6.13. The Bertz CT molecular complexity index is 778. The van der Waals surface area contributed by atoms with Crippen LogP contribution in [0, 0.1) is 6.92 Å². The van der Waals surface area contributed by atoms with Gasteiger partial charge < -0.3 is 9.88 Å². The summed E-state index contributed by atoms with van der Waals surface area (Å²) in [6.45, 7) is 11.3. The van der Waals surface area contributed by atoms with Gasteiger partial charge in [0.15, 0.2) is 0 Å². The molecule has 3 rings (SSSR count). The fourth-order valence-corrected chi connectivity index (χ4v) is 3.59. The zero-order chi connectivity index (χ0) is 16.6. The lowest BCUT2D eigenvalue weighted by molar-refractivity contribution is 0.435. The molecule has 2 aromatic carbocycles. The lowest BCUT2D eigenvalue weighted by Gasteiger charge is -2.44. The second-order valence-corrected chi connectivity index (χ2v) is 7.08. The van der Waals surface area contributed by atoms with Crippen molar-refractivity contribution in [3.63, 3.8) is 0 Å². The van der Waals surface area contributed by atoms with Crippen LogP contribution in [0.5, 0.6) is 0 Å². The number of H-pyrrole nitrogens is 1. The maximum atomic E-state index is 3.62. The molecule has 120 valence electrons. The number of aryl methyl sites for hydroxylation is 1. The maximum Gasteiger partial charge on any atom is 0.0749 e. The van der Waals surface area contributed by atoms with Gasteiger partial charge in [0, 0.05) is 22.9 Å². The second kappa shape index (κ2) is 5.77. The summed E-state index contributed by atoms with van der Waals surface area (Å²) >= 11 is 0. The molecule has 0 aliphatic carbocycles. The van der Waals surface area contributed by atoms with Crippen molar-refractivity contribution in [2.24, 2.45) is 0 Å². The van der Waals surface area contributed by atoms with E-state index in [4.69, 9.17) is 0 Å². The Balaban J connectivity index is 2.12. The van der Waals surface area contributed by atoms with Crippen LogP contribution < -0.4 is 4.90 Å². The number of nitrogens with one attached hydrogen (secondary N) is 1. The summed E-state index contributed by atoms with van der Waals surface area (Å²) in [5.74, 6) is 0. The number of aromatic nitrogens is 1. The van der Waals surface area contributed by atoms with Gasteiger partial charge in [-0.3, -0.25) is 0 Å². The van der Waals surface area contributed by atoms with Gasteiger partial charge >= 0.3 is 0 Å². The lowest BCUT2D eigenvalue weighted by Crippen LogP contribution is -2.46. The van der Waals surface area contributed by atoms with Crippen molar-refractivity contribution in [2.45, 2.75) is 46.2 Å². The standard InChI is InChI=1S/C21H26N2/c1-15(2)23(19-13-9-6-10-16(19)3)21(4,5)20-14-17-11-7-8-12-18(17)22-20/h6-15,22H,1-5H3. The molecule has 0 fully saturated rings. The van der Waals surface area contributed by atoms with E-state index in [2.05, 4.69) is 99.1 Å². The number of benzene rings is 2. The fraction of sp³-hybridized carbons (Fsp3) is 0.333. The van der Waals surface area contributed by atoms with Crippen molar-refractivity contribution >= 4 is 16.6 Å². The second-order valence-electron chi connectivity index (χ2n) is 7.08. The van der Waals surface area contributed by atoms with E-state index in [9.17, 15) is 0 Å². The zero-order valence-electron chi connectivity index (χ0n) is 14.7. The molecule has 1 N–H and O–H groups in total. The zero-order valence-corrected chi connectivity index (χ0v) is 14.7. The molecule has 0 atom stereocenters. The van der Waals surface area contributed by atoms with Crippen LogP contribution in [0.4, 0.5) is 5.69 Å². The quantitative estimate of drug-likeness (QED) is 0.662. The predicted octanol–water partition coefficient (Wildman–Crippen LogP) is 5.63. The first-order valence-corrected chi connectivity index (χ1v) is 8.34.